The molecular formula is C18H29NOS. The first-order valence-corrected chi connectivity index (χ1v) is 9.41. The van der Waals surface area contributed by atoms with Gasteiger partial charge in [0.05, 0.1) is 0 Å². The zero-order chi connectivity index (χ0) is 15.5. The number of benzene rings is 1. The fourth-order valence-electron chi connectivity index (χ4n) is 3.42. The quantitative estimate of drug-likeness (QED) is 0.921. The van der Waals surface area contributed by atoms with Crippen molar-refractivity contribution in [3.63, 3.8) is 0 Å². The van der Waals surface area contributed by atoms with Crippen molar-refractivity contribution >= 4 is 10.8 Å². The minimum Gasteiger partial charge on any atom is -0.330 e. The van der Waals surface area contributed by atoms with E-state index >= 15 is 0 Å². The fraction of sp³-hybridized carbons (Fsp3) is 0.667. The maximum atomic E-state index is 12.9. The summed E-state index contributed by atoms with van der Waals surface area (Å²) in [6.45, 7) is 7.58. The van der Waals surface area contributed by atoms with E-state index in [4.69, 9.17) is 5.73 Å². The van der Waals surface area contributed by atoms with Crippen LogP contribution in [0.25, 0.3) is 0 Å². The summed E-state index contributed by atoms with van der Waals surface area (Å²) in [6.07, 6.45) is 3.42. The first-order chi connectivity index (χ1) is 9.91. The van der Waals surface area contributed by atoms with Crippen molar-refractivity contribution in [3.8, 4) is 0 Å². The Morgan fingerprint density at radius 2 is 1.86 bits per heavy atom. The molecule has 0 bridgehead atoms. The summed E-state index contributed by atoms with van der Waals surface area (Å²) < 4.78 is 12.9. The van der Waals surface area contributed by atoms with E-state index < -0.39 is 10.8 Å². The molecule has 1 saturated carbocycles. The van der Waals surface area contributed by atoms with Crippen molar-refractivity contribution in [3.05, 3.63) is 35.9 Å². The molecular weight excluding hydrogens is 278 g/mol. The summed E-state index contributed by atoms with van der Waals surface area (Å²) in [6, 6.07) is 10.2. The Balaban J connectivity index is 2.08. The zero-order valence-corrected chi connectivity index (χ0v) is 14.4. The van der Waals surface area contributed by atoms with E-state index in [0.29, 0.717) is 29.5 Å². The Kier molecular flexibility index (Phi) is 5.61. The van der Waals surface area contributed by atoms with Crippen LogP contribution < -0.4 is 5.73 Å². The summed E-state index contributed by atoms with van der Waals surface area (Å²) >= 11 is 0. The Bertz CT molecular complexity index is 466. The molecule has 1 aromatic carbocycles. The van der Waals surface area contributed by atoms with Gasteiger partial charge in [0.25, 0.3) is 0 Å². The molecule has 0 radical (unpaired) electrons. The van der Waals surface area contributed by atoms with Crippen LogP contribution in [0.15, 0.2) is 30.3 Å². The van der Waals surface area contributed by atoms with E-state index in [1.54, 1.807) is 0 Å². The summed E-state index contributed by atoms with van der Waals surface area (Å²) in [5.74, 6) is 1.75. The molecule has 2 rings (SSSR count). The maximum absolute atomic E-state index is 12.9. The van der Waals surface area contributed by atoms with E-state index in [2.05, 4.69) is 32.9 Å². The molecule has 0 aromatic heterocycles. The van der Waals surface area contributed by atoms with Gasteiger partial charge < -0.3 is 5.73 Å². The van der Waals surface area contributed by atoms with Crippen molar-refractivity contribution in [1.82, 2.24) is 0 Å². The summed E-state index contributed by atoms with van der Waals surface area (Å²) in [4.78, 5) is 0. The lowest BCUT2D eigenvalue weighted by atomic mass is 9.69. The van der Waals surface area contributed by atoms with Gasteiger partial charge >= 0.3 is 0 Å². The normalized spacial score (nSPS) is 28.3. The van der Waals surface area contributed by atoms with Crippen LogP contribution in [0.1, 0.15) is 45.6 Å². The molecule has 1 aromatic rings. The average molecular weight is 308 g/mol. The predicted molar refractivity (Wildman–Crippen MR) is 91.4 cm³/mol. The summed E-state index contributed by atoms with van der Waals surface area (Å²) in [5.41, 5.74) is 7.42. The Morgan fingerprint density at radius 1 is 1.19 bits per heavy atom. The second kappa shape index (κ2) is 7.06. The molecule has 0 heterocycles. The van der Waals surface area contributed by atoms with Crippen LogP contribution >= 0.6 is 0 Å². The molecule has 0 saturated heterocycles. The molecule has 1 aliphatic rings. The van der Waals surface area contributed by atoms with Crippen LogP contribution in [-0.4, -0.2) is 16.0 Å². The van der Waals surface area contributed by atoms with Gasteiger partial charge in [-0.1, -0.05) is 51.1 Å². The van der Waals surface area contributed by atoms with Crippen molar-refractivity contribution in [2.75, 3.05) is 6.54 Å². The zero-order valence-electron chi connectivity index (χ0n) is 13.5. The SMILES string of the molecule is CC(C)(C)C1CCC(CN)C(S(=O)Cc2ccccc2)C1. The van der Waals surface area contributed by atoms with E-state index in [-0.39, 0.29) is 5.25 Å². The highest BCUT2D eigenvalue weighted by atomic mass is 32.2. The van der Waals surface area contributed by atoms with E-state index in [9.17, 15) is 4.21 Å². The van der Waals surface area contributed by atoms with Crippen LogP contribution in [0, 0.1) is 17.3 Å². The van der Waals surface area contributed by atoms with Crippen LogP contribution in [0.3, 0.4) is 0 Å². The van der Waals surface area contributed by atoms with Gasteiger partial charge in [-0.3, -0.25) is 4.21 Å². The third-order valence-corrected chi connectivity index (χ3v) is 6.82. The highest BCUT2D eigenvalue weighted by Crippen LogP contribution is 2.41. The van der Waals surface area contributed by atoms with Crippen molar-refractivity contribution in [2.45, 2.75) is 51.0 Å². The molecule has 21 heavy (non-hydrogen) atoms. The van der Waals surface area contributed by atoms with Gasteiger partial charge in [0, 0.05) is 21.8 Å². The molecule has 3 heteroatoms. The Hall–Kier alpha value is -0.670. The minimum atomic E-state index is -0.823. The first kappa shape index (κ1) is 16.7. The smallest absolute Gasteiger partial charge is 0.0488 e. The fourth-order valence-corrected chi connectivity index (χ4v) is 5.27. The molecule has 2 nitrogen and oxygen atoms in total. The predicted octanol–water partition coefficient (Wildman–Crippen LogP) is 3.73. The largest absolute Gasteiger partial charge is 0.330 e. The highest BCUT2D eigenvalue weighted by Gasteiger charge is 2.37. The van der Waals surface area contributed by atoms with Crippen molar-refractivity contribution in [1.29, 1.82) is 0 Å². The van der Waals surface area contributed by atoms with Gasteiger partial charge in [-0.05, 0) is 48.6 Å². The number of hydrogen-bond acceptors (Lipinski definition) is 2. The molecule has 1 fully saturated rings. The lowest BCUT2D eigenvalue weighted by molar-refractivity contribution is 0.156. The molecule has 0 spiro atoms. The lowest BCUT2D eigenvalue weighted by Crippen LogP contribution is -2.40. The van der Waals surface area contributed by atoms with Crippen molar-refractivity contribution in [2.24, 2.45) is 23.0 Å². The number of rotatable bonds is 4. The van der Waals surface area contributed by atoms with Gasteiger partial charge in [-0.15, -0.1) is 0 Å². The molecule has 1 aliphatic carbocycles. The van der Waals surface area contributed by atoms with Gasteiger partial charge in [0.1, 0.15) is 0 Å². The number of nitrogens with two attached hydrogens (primary N) is 1. The van der Waals surface area contributed by atoms with Gasteiger partial charge in [0.15, 0.2) is 0 Å². The standard InChI is InChI=1S/C18H29NOS/c1-18(2,3)16-10-9-15(12-19)17(11-16)21(20)13-14-7-5-4-6-8-14/h4-8,15-17H,9-13,19H2,1-3H3. The molecule has 2 N–H and O–H groups in total. The lowest BCUT2D eigenvalue weighted by Gasteiger charge is -2.41. The highest BCUT2D eigenvalue weighted by molar-refractivity contribution is 7.84. The third kappa shape index (κ3) is 4.40. The van der Waals surface area contributed by atoms with E-state index in [0.717, 1.165) is 12.8 Å². The van der Waals surface area contributed by atoms with Gasteiger partial charge in [0.2, 0.25) is 0 Å². The second-order valence-corrected chi connectivity index (χ2v) is 9.08. The van der Waals surface area contributed by atoms with Gasteiger partial charge in [-0.25, -0.2) is 0 Å². The van der Waals surface area contributed by atoms with E-state index in [1.165, 1.54) is 12.0 Å². The third-order valence-electron chi connectivity index (χ3n) is 4.95. The summed E-state index contributed by atoms with van der Waals surface area (Å²) in [7, 11) is -0.823. The number of hydrogen-bond donors (Lipinski definition) is 1. The molecule has 0 amide bonds. The molecule has 4 unspecified atom stereocenters. The Morgan fingerprint density at radius 3 is 2.43 bits per heavy atom. The monoisotopic (exact) mass is 307 g/mol. The summed E-state index contributed by atoms with van der Waals surface area (Å²) in [5, 5.41) is 0.258. The van der Waals surface area contributed by atoms with Crippen LogP contribution in [0.5, 0.6) is 0 Å². The molecule has 0 aliphatic heterocycles. The minimum absolute atomic E-state index is 0.258. The Labute approximate surface area is 132 Å². The average Bonchev–Trinajstić information content (AvgIpc) is 2.46. The molecule has 118 valence electrons. The second-order valence-electron chi connectivity index (χ2n) is 7.42. The van der Waals surface area contributed by atoms with Crippen LogP contribution in [0.2, 0.25) is 0 Å². The van der Waals surface area contributed by atoms with Gasteiger partial charge in [-0.2, -0.15) is 0 Å². The van der Waals surface area contributed by atoms with Crippen LogP contribution in [0.4, 0.5) is 0 Å². The van der Waals surface area contributed by atoms with Crippen LogP contribution in [-0.2, 0) is 16.6 Å². The first-order valence-electron chi connectivity index (χ1n) is 8.03. The van der Waals surface area contributed by atoms with Crippen molar-refractivity contribution < 1.29 is 4.21 Å². The topological polar surface area (TPSA) is 43.1 Å². The maximum Gasteiger partial charge on any atom is 0.0488 e. The van der Waals surface area contributed by atoms with E-state index in [1.807, 2.05) is 18.2 Å². The molecule has 4 atom stereocenters.